The Morgan fingerprint density at radius 3 is 2.71 bits per heavy atom. The monoisotopic (exact) mass is 335 g/mol. The van der Waals surface area contributed by atoms with Gasteiger partial charge in [0.2, 0.25) is 0 Å². The van der Waals surface area contributed by atoms with E-state index in [1.54, 1.807) is 0 Å². The quantitative estimate of drug-likeness (QED) is 0.851. The molecule has 2 atom stereocenters. The van der Waals surface area contributed by atoms with Crippen molar-refractivity contribution in [3.05, 3.63) is 17.0 Å². The van der Waals surface area contributed by atoms with Crippen molar-refractivity contribution in [2.45, 2.75) is 64.7 Å². The number of carbonyl (C=O) groups is 1. The minimum Gasteiger partial charge on any atom is -0.377 e. The molecule has 0 N–H and O–H groups in total. The smallest absolute Gasteiger partial charge is 0.275 e. The molecule has 1 aromatic heterocycles. The van der Waals surface area contributed by atoms with Crippen molar-refractivity contribution in [3.8, 4) is 0 Å². The number of hydrogen-bond acceptors (Lipinski definition) is 4. The molecule has 6 heteroatoms. The van der Waals surface area contributed by atoms with E-state index in [0.717, 1.165) is 30.5 Å². The van der Waals surface area contributed by atoms with Crippen LogP contribution in [0.25, 0.3) is 0 Å². The summed E-state index contributed by atoms with van der Waals surface area (Å²) in [7, 11) is 1.90. The molecule has 0 aliphatic carbocycles. The van der Waals surface area contributed by atoms with Gasteiger partial charge in [0, 0.05) is 25.6 Å². The molecule has 0 unspecified atom stereocenters. The van der Waals surface area contributed by atoms with E-state index in [4.69, 9.17) is 9.47 Å². The molecule has 0 aromatic carbocycles. The highest BCUT2D eigenvalue weighted by molar-refractivity contribution is 5.94. The molecule has 0 spiro atoms. The Kier molecular flexibility index (Phi) is 4.71. The molecule has 1 fully saturated rings. The number of fused-ring (bicyclic) bond motifs is 1. The van der Waals surface area contributed by atoms with E-state index in [-0.39, 0.29) is 23.7 Å². The summed E-state index contributed by atoms with van der Waals surface area (Å²) in [6, 6.07) is 0. The van der Waals surface area contributed by atoms with Crippen LogP contribution in [0, 0.1) is 0 Å². The van der Waals surface area contributed by atoms with Crippen molar-refractivity contribution in [3.63, 3.8) is 0 Å². The van der Waals surface area contributed by atoms with Crippen molar-refractivity contribution in [1.29, 1.82) is 0 Å². The molecular weight excluding hydrogens is 306 g/mol. The maximum atomic E-state index is 13.4. The lowest BCUT2D eigenvalue weighted by Crippen LogP contribution is -2.58. The molecule has 3 rings (SSSR count). The zero-order chi connectivity index (χ0) is 17.5. The maximum Gasteiger partial charge on any atom is 0.275 e. The van der Waals surface area contributed by atoms with Gasteiger partial charge in [0.15, 0.2) is 5.69 Å². The average molecular weight is 335 g/mol. The highest BCUT2D eigenvalue weighted by Crippen LogP contribution is 2.34. The summed E-state index contributed by atoms with van der Waals surface area (Å²) < 4.78 is 13.4. The van der Waals surface area contributed by atoms with Crippen LogP contribution in [0.15, 0.2) is 0 Å². The topological polar surface area (TPSA) is 56.6 Å². The first-order chi connectivity index (χ1) is 11.4. The molecule has 6 nitrogen and oxygen atoms in total. The third-order valence-electron chi connectivity index (χ3n) is 5.67. The van der Waals surface area contributed by atoms with Gasteiger partial charge in [-0.05, 0) is 26.7 Å². The summed E-state index contributed by atoms with van der Waals surface area (Å²) in [5, 5.41) is 4.59. The molecule has 2 aliphatic rings. The highest BCUT2D eigenvalue weighted by Gasteiger charge is 2.42. The van der Waals surface area contributed by atoms with Crippen molar-refractivity contribution >= 4 is 5.91 Å². The second kappa shape index (κ2) is 6.48. The van der Waals surface area contributed by atoms with Crippen LogP contribution in [0.2, 0.25) is 0 Å². The zero-order valence-electron chi connectivity index (χ0n) is 15.5. The lowest BCUT2D eigenvalue weighted by Gasteiger charge is -2.46. The lowest BCUT2D eigenvalue weighted by molar-refractivity contribution is -0.0569. The van der Waals surface area contributed by atoms with Crippen LogP contribution in [-0.2, 0) is 22.9 Å². The van der Waals surface area contributed by atoms with Gasteiger partial charge in [-0.2, -0.15) is 5.10 Å². The molecule has 1 aromatic rings. The number of aryl methyl sites for hydroxylation is 1. The molecule has 3 heterocycles. The summed E-state index contributed by atoms with van der Waals surface area (Å²) in [5.41, 5.74) is 2.47. The Morgan fingerprint density at radius 2 is 2.04 bits per heavy atom. The molecule has 0 radical (unpaired) electrons. The van der Waals surface area contributed by atoms with Gasteiger partial charge in [-0.25, -0.2) is 0 Å². The van der Waals surface area contributed by atoms with Gasteiger partial charge in [-0.1, -0.05) is 13.8 Å². The molecule has 2 aliphatic heterocycles. The SMILES string of the molecule is CCC1(CC)COCCN1C(=O)c1nn(C)c2c1C[C@H](C)O[C@@H]2C. The van der Waals surface area contributed by atoms with Crippen molar-refractivity contribution in [1.82, 2.24) is 14.7 Å². The zero-order valence-corrected chi connectivity index (χ0v) is 15.5. The van der Waals surface area contributed by atoms with Crippen LogP contribution in [0.4, 0.5) is 0 Å². The van der Waals surface area contributed by atoms with Crippen molar-refractivity contribution in [2.75, 3.05) is 19.8 Å². The predicted octanol–water partition coefficient (Wildman–Crippen LogP) is 2.47. The molecule has 1 amide bonds. The van der Waals surface area contributed by atoms with E-state index >= 15 is 0 Å². The molecule has 1 saturated heterocycles. The first-order valence-corrected chi connectivity index (χ1v) is 9.04. The normalized spacial score (nSPS) is 26.3. The van der Waals surface area contributed by atoms with Crippen LogP contribution in [0.1, 0.15) is 68.4 Å². The largest absolute Gasteiger partial charge is 0.377 e. The number of rotatable bonds is 3. The van der Waals surface area contributed by atoms with Gasteiger partial charge in [-0.15, -0.1) is 0 Å². The number of amides is 1. The fourth-order valence-corrected chi connectivity index (χ4v) is 4.22. The first kappa shape index (κ1) is 17.4. The second-order valence-corrected chi connectivity index (χ2v) is 7.07. The Labute approximate surface area is 144 Å². The van der Waals surface area contributed by atoms with Crippen LogP contribution < -0.4 is 0 Å². The molecule has 0 bridgehead atoms. The molecule has 0 saturated carbocycles. The summed E-state index contributed by atoms with van der Waals surface area (Å²) >= 11 is 0. The van der Waals surface area contributed by atoms with E-state index < -0.39 is 0 Å². The van der Waals surface area contributed by atoms with Gasteiger partial charge >= 0.3 is 0 Å². The number of nitrogens with zero attached hydrogens (tertiary/aromatic N) is 3. The predicted molar refractivity (Wildman–Crippen MR) is 91.0 cm³/mol. The molecule has 24 heavy (non-hydrogen) atoms. The van der Waals surface area contributed by atoms with Gasteiger partial charge in [-0.3, -0.25) is 9.48 Å². The third-order valence-corrected chi connectivity index (χ3v) is 5.67. The van der Waals surface area contributed by atoms with Gasteiger partial charge in [0.05, 0.1) is 36.7 Å². The molecular formula is C18H29N3O3. The van der Waals surface area contributed by atoms with Gasteiger partial charge < -0.3 is 14.4 Å². The van der Waals surface area contributed by atoms with Crippen LogP contribution in [0.3, 0.4) is 0 Å². The summed E-state index contributed by atoms with van der Waals surface area (Å²) in [6.45, 7) is 10.2. The highest BCUT2D eigenvalue weighted by atomic mass is 16.5. The third kappa shape index (κ3) is 2.65. The van der Waals surface area contributed by atoms with Crippen molar-refractivity contribution < 1.29 is 14.3 Å². The van der Waals surface area contributed by atoms with E-state index in [1.165, 1.54) is 0 Å². The first-order valence-electron chi connectivity index (χ1n) is 9.04. The Morgan fingerprint density at radius 1 is 1.33 bits per heavy atom. The number of ether oxygens (including phenoxy) is 2. The minimum atomic E-state index is -0.220. The number of aromatic nitrogens is 2. The van der Waals surface area contributed by atoms with Gasteiger partial charge in [0.1, 0.15) is 0 Å². The lowest BCUT2D eigenvalue weighted by atomic mass is 9.89. The number of carbonyl (C=O) groups excluding carboxylic acids is 1. The summed E-state index contributed by atoms with van der Waals surface area (Å²) in [5.74, 6) is 0.0418. The maximum absolute atomic E-state index is 13.4. The van der Waals surface area contributed by atoms with Crippen LogP contribution in [-0.4, -0.2) is 52.0 Å². The fraction of sp³-hybridized carbons (Fsp3) is 0.778. The Balaban J connectivity index is 2.00. The second-order valence-electron chi connectivity index (χ2n) is 7.07. The Bertz CT molecular complexity index is 621. The molecule has 134 valence electrons. The standard InChI is InChI=1S/C18H29N3O3/c1-6-18(7-2)11-23-9-8-21(18)17(22)15-14-10-12(3)24-13(4)16(14)20(5)19-15/h12-13H,6-11H2,1-5H3/t12-,13+/m0/s1. The van der Waals surface area contributed by atoms with E-state index in [0.29, 0.717) is 25.5 Å². The summed E-state index contributed by atoms with van der Waals surface area (Å²) in [6.07, 6.45) is 2.59. The van der Waals surface area contributed by atoms with E-state index in [2.05, 4.69) is 25.9 Å². The fourth-order valence-electron chi connectivity index (χ4n) is 4.22. The van der Waals surface area contributed by atoms with Gasteiger partial charge in [0.25, 0.3) is 5.91 Å². The number of morpholine rings is 1. The van der Waals surface area contributed by atoms with E-state index in [9.17, 15) is 4.79 Å². The Hall–Kier alpha value is -1.40. The van der Waals surface area contributed by atoms with Crippen LogP contribution >= 0.6 is 0 Å². The summed E-state index contributed by atoms with van der Waals surface area (Å²) in [4.78, 5) is 15.4. The van der Waals surface area contributed by atoms with Crippen LogP contribution in [0.5, 0.6) is 0 Å². The number of hydrogen-bond donors (Lipinski definition) is 0. The minimum absolute atomic E-state index is 0.0328. The van der Waals surface area contributed by atoms with Crippen molar-refractivity contribution in [2.24, 2.45) is 7.05 Å². The average Bonchev–Trinajstić information content (AvgIpc) is 2.90. The van der Waals surface area contributed by atoms with E-state index in [1.807, 2.05) is 23.6 Å².